The molecule has 36 heavy (non-hydrogen) atoms. The number of aromatic nitrogens is 2. The summed E-state index contributed by atoms with van der Waals surface area (Å²) in [5, 5.41) is 6.90. The van der Waals surface area contributed by atoms with Crippen molar-refractivity contribution in [2.45, 2.75) is 39.3 Å². The van der Waals surface area contributed by atoms with Gasteiger partial charge in [-0.1, -0.05) is 25.4 Å². The van der Waals surface area contributed by atoms with Crippen molar-refractivity contribution in [1.29, 1.82) is 0 Å². The number of nitrogens with one attached hydrogen (secondary N) is 2. The first-order valence-corrected chi connectivity index (χ1v) is 14.3. The molecule has 12 heteroatoms. The van der Waals surface area contributed by atoms with Gasteiger partial charge in [-0.05, 0) is 44.0 Å². The highest BCUT2D eigenvalue weighted by molar-refractivity contribution is 7.88. The van der Waals surface area contributed by atoms with Crippen molar-refractivity contribution in [3.63, 3.8) is 0 Å². The summed E-state index contributed by atoms with van der Waals surface area (Å²) in [5.74, 6) is -0.0646. The summed E-state index contributed by atoms with van der Waals surface area (Å²) in [5.41, 5.74) is 1.59. The van der Waals surface area contributed by atoms with E-state index < -0.39 is 15.8 Å². The number of piperidine rings is 1. The predicted octanol–water partition coefficient (Wildman–Crippen LogP) is 3.63. The maximum atomic E-state index is 14.6. The van der Waals surface area contributed by atoms with Crippen LogP contribution in [0.2, 0.25) is 5.02 Å². The quantitative estimate of drug-likeness (QED) is 0.575. The van der Waals surface area contributed by atoms with Crippen LogP contribution in [0.25, 0.3) is 0 Å². The Morgan fingerprint density at radius 1 is 1.19 bits per heavy atom. The Hall–Kier alpha value is -2.21. The predicted molar refractivity (Wildman–Crippen MR) is 143 cm³/mol. The van der Waals surface area contributed by atoms with E-state index in [0.29, 0.717) is 42.9 Å². The van der Waals surface area contributed by atoms with E-state index in [1.165, 1.54) is 10.6 Å². The van der Waals surface area contributed by atoms with Gasteiger partial charge in [-0.2, -0.15) is 9.29 Å². The van der Waals surface area contributed by atoms with Crippen molar-refractivity contribution in [1.82, 2.24) is 19.2 Å². The van der Waals surface area contributed by atoms with Crippen LogP contribution in [0.1, 0.15) is 27.2 Å². The lowest BCUT2D eigenvalue weighted by atomic mass is 9.75. The van der Waals surface area contributed by atoms with Gasteiger partial charge in [0.2, 0.25) is 16.0 Å². The molecule has 0 bridgehead atoms. The highest BCUT2D eigenvalue weighted by Gasteiger charge is 2.37. The first-order chi connectivity index (χ1) is 16.8. The Labute approximate surface area is 218 Å². The van der Waals surface area contributed by atoms with Gasteiger partial charge in [0.1, 0.15) is 0 Å². The lowest BCUT2D eigenvalue weighted by molar-refractivity contribution is 0.0628. The molecule has 2 atom stereocenters. The second-order valence-electron chi connectivity index (χ2n) is 10.5. The third kappa shape index (κ3) is 6.01. The van der Waals surface area contributed by atoms with E-state index in [-0.39, 0.29) is 23.2 Å². The molecule has 2 aliphatic heterocycles. The molecule has 2 aliphatic rings. The van der Waals surface area contributed by atoms with Crippen LogP contribution in [-0.4, -0.2) is 85.7 Å². The van der Waals surface area contributed by atoms with Crippen molar-refractivity contribution >= 4 is 44.8 Å². The normalized spacial score (nSPS) is 23.5. The van der Waals surface area contributed by atoms with Crippen LogP contribution in [0, 0.1) is 11.2 Å². The molecule has 0 radical (unpaired) electrons. The SMILES string of the molecule is CC1N(C)CC(Nc2nc(Nc3ccc(N4CCN(S(C)(=O)=O)CC4)c(Cl)c3)ncc2F)CC1(C)C. The third-order valence-corrected chi connectivity index (χ3v) is 9.02. The second kappa shape index (κ2) is 10.3. The van der Waals surface area contributed by atoms with Crippen LogP contribution in [-0.2, 0) is 10.0 Å². The largest absolute Gasteiger partial charge is 0.368 e. The van der Waals surface area contributed by atoms with Gasteiger partial charge in [-0.3, -0.25) is 0 Å². The van der Waals surface area contributed by atoms with E-state index in [0.717, 1.165) is 24.8 Å². The van der Waals surface area contributed by atoms with Crippen molar-refractivity contribution < 1.29 is 12.8 Å². The highest BCUT2D eigenvalue weighted by atomic mass is 35.5. The minimum atomic E-state index is -3.19. The van der Waals surface area contributed by atoms with Crippen molar-refractivity contribution in [3.05, 3.63) is 35.2 Å². The average Bonchev–Trinajstić information content (AvgIpc) is 2.79. The van der Waals surface area contributed by atoms with Gasteiger partial charge in [-0.15, -0.1) is 0 Å². The fraction of sp³-hybridized carbons (Fsp3) is 0.583. The van der Waals surface area contributed by atoms with E-state index in [1.807, 2.05) is 12.1 Å². The summed E-state index contributed by atoms with van der Waals surface area (Å²) in [7, 11) is -1.11. The number of hydrogen-bond acceptors (Lipinski definition) is 8. The van der Waals surface area contributed by atoms with E-state index in [9.17, 15) is 12.8 Å². The van der Waals surface area contributed by atoms with Gasteiger partial charge in [-0.25, -0.2) is 17.8 Å². The molecule has 9 nitrogen and oxygen atoms in total. The third-order valence-electron chi connectivity index (χ3n) is 7.41. The van der Waals surface area contributed by atoms with Crippen LogP contribution in [0.5, 0.6) is 0 Å². The molecule has 198 valence electrons. The van der Waals surface area contributed by atoms with Crippen LogP contribution >= 0.6 is 11.6 Å². The zero-order valence-electron chi connectivity index (χ0n) is 21.4. The first-order valence-electron chi connectivity index (χ1n) is 12.1. The molecule has 2 unspecified atom stereocenters. The molecule has 4 rings (SSSR count). The number of rotatable bonds is 6. The number of anilines is 4. The molecule has 1 aromatic heterocycles. The molecular formula is C24H35ClFN7O2S. The first kappa shape index (κ1) is 26.8. The summed E-state index contributed by atoms with van der Waals surface area (Å²) < 4.78 is 39.5. The van der Waals surface area contributed by atoms with Gasteiger partial charge in [0.05, 0.1) is 23.2 Å². The Morgan fingerprint density at radius 3 is 2.50 bits per heavy atom. The molecule has 2 saturated heterocycles. The van der Waals surface area contributed by atoms with Gasteiger partial charge < -0.3 is 20.4 Å². The number of likely N-dealkylation sites (tertiary alicyclic amines) is 1. The Bertz CT molecular complexity index is 1200. The lowest BCUT2D eigenvalue weighted by Gasteiger charge is -2.47. The van der Waals surface area contributed by atoms with E-state index in [1.54, 1.807) is 6.07 Å². The van der Waals surface area contributed by atoms with Gasteiger partial charge in [0.25, 0.3) is 0 Å². The molecule has 0 saturated carbocycles. The highest BCUT2D eigenvalue weighted by Crippen LogP contribution is 2.35. The van der Waals surface area contributed by atoms with Gasteiger partial charge >= 0.3 is 0 Å². The standard InChI is InChI=1S/C24H35ClFN7O2S/c1-16-24(2,3)13-18(15-31(16)4)28-22-20(26)14-27-23(30-22)29-17-6-7-21(19(25)12-17)32-8-10-33(11-9-32)36(5,34)35/h6-7,12,14,16,18H,8-11,13,15H2,1-5H3,(H2,27,28,29,30). The number of sulfonamides is 1. The minimum Gasteiger partial charge on any atom is -0.368 e. The molecule has 2 aromatic rings. The van der Waals surface area contributed by atoms with Crippen LogP contribution in [0.3, 0.4) is 0 Å². The minimum absolute atomic E-state index is 0.0651. The Morgan fingerprint density at radius 2 is 1.89 bits per heavy atom. The summed E-state index contributed by atoms with van der Waals surface area (Å²) >= 11 is 6.56. The average molecular weight is 540 g/mol. The van der Waals surface area contributed by atoms with Gasteiger partial charge in [0.15, 0.2) is 11.6 Å². The van der Waals surface area contributed by atoms with Crippen molar-refractivity contribution in [2.75, 3.05) is 61.6 Å². The number of piperazine rings is 1. The van der Waals surface area contributed by atoms with Crippen LogP contribution in [0.15, 0.2) is 24.4 Å². The number of likely N-dealkylation sites (N-methyl/N-ethyl adjacent to an activating group) is 1. The molecule has 0 aliphatic carbocycles. The zero-order valence-corrected chi connectivity index (χ0v) is 23.0. The van der Waals surface area contributed by atoms with E-state index >= 15 is 0 Å². The fourth-order valence-electron chi connectivity index (χ4n) is 5.02. The summed E-state index contributed by atoms with van der Waals surface area (Å²) in [6, 6.07) is 5.99. The maximum absolute atomic E-state index is 14.6. The topological polar surface area (TPSA) is 93.7 Å². The molecule has 2 N–H and O–H groups in total. The number of nitrogens with zero attached hydrogens (tertiary/aromatic N) is 5. The van der Waals surface area contributed by atoms with E-state index in [2.05, 4.69) is 58.2 Å². The monoisotopic (exact) mass is 539 g/mol. The molecule has 0 amide bonds. The van der Waals surface area contributed by atoms with Crippen LogP contribution < -0.4 is 15.5 Å². The van der Waals surface area contributed by atoms with Crippen LogP contribution in [0.4, 0.5) is 27.5 Å². The molecule has 2 fully saturated rings. The number of hydrogen-bond donors (Lipinski definition) is 2. The summed E-state index contributed by atoms with van der Waals surface area (Å²) in [6.45, 7) is 9.42. The molecule has 1 aromatic carbocycles. The Balaban J connectivity index is 1.43. The smallest absolute Gasteiger partial charge is 0.229 e. The molecule has 3 heterocycles. The van der Waals surface area contributed by atoms with Crippen molar-refractivity contribution in [2.24, 2.45) is 5.41 Å². The molecular weight excluding hydrogens is 505 g/mol. The number of benzene rings is 1. The Kier molecular flexibility index (Phi) is 7.66. The van der Waals surface area contributed by atoms with E-state index in [4.69, 9.17) is 11.6 Å². The van der Waals surface area contributed by atoms with Gasteiger partial charge in [0, 0.05) is 50.5 Å². The fourth-order valence-corrected chi connectivity index (χ4v) is 6.15. The van der Waals surface area contributed by atoms with Crippen molar-refractivity contribution in [3.8, 4) is 0 Å². The summed E-state index contributed by atoms with van der Waals surface area (Å²) in [4.78, 5) is 12.8. The lowest BCUT2D eigenvalue weighted by Crippen LogP contribution is -2.53. The maximum Gasteiger partial charge on any atom is 0.229 e. The second-order valence-corrected chi connectivity index (χ2v) is 12.9. The molecule has 0 spiro atoms. The summed E-state index contributed by atoms with van der Waals surface area (Å²) in [6.07, 6.45) is 3.29. The zero-order chi connectivity index (χ0) is 26.3. The number of halogens is 2.